The fourth-order valence-corrected chi connectivity index (χ4v) is 13.7. The molecule has 13 N–H and O–H groups in total. The summed E-state index contributed by atoms with van der Waals surface area (Å²) in [6, 6.07) is 7.37. The number of phenolic OH excluding ortho intramolecular Hbond substituents is 4. The number of aromatic hydroxyl groups is 4. The number of amides is 1. The van der Waals surface area contributed by atoms with Gasteiger partial charge in [-0.1, -0.05) is 38.1 Å². The molecule has 0 aliphatic heterocycles. The lowest BCUT2D eigenvalue weighted by molar-refractivity contribution is -0.151. The second-order valence-corrected chi connectivity index (χ2v) is 29.1. The minimum absolute atomic E-state index is 0.0319. The number of alkyl carbamates (subject to hydrolysis) is 1. The Hall–Kier alpha value is -8.65. The van der Waals surface area contributed by atoms with Crippen molar-refractivity contribution >= 4 is 53.1 Å². The lowest BCUT2D eigenvalue weighted by Crippen LogP contribution is -2.53. The zero-order chi connectivity index (χ0) is 74.5. The number of fused-ring (bicyclic) bond motifs is 6. The minimum Gasteiger partial charge on any atom is -0.507 e. The zero-order valence-corrected chi connectivity index (χ0v) is 57.8. The molecule has 6 aliphatic rings. The molecular formula is C71H88N2O27. The third-order valence-electron chi connectivity index (χ3n) is 18.2. The Morgan fingerprint density at radius 2 is 0.900 bits per heavy atom. The Labute approximate surface area is 575 Å². The Bertz CT molecular complexity index is 3900. The lowest BCUT2D eigenvalue weighted by atomic mass is 9.71. The van der Waals surface area contributed by atoms with Crippen LogP contribution in [0.15, 0.2) is 36.4 Å². The number of benzene rings is 4. The number of Topliss-reactive ketones (excluding diaryl/α,β-unsaturated/α-hetero) is 2. The average Bonchev–Trinajstić information content (AvgIpc) is 0.717. The lowest BCUT2D eigenvalue weighted by Gasteiger charge is -2.43. The van der Waals surface area contributed by atoms with Crippen molar-refractivity contribution in [2.75, 3.05) is 27.4 Å². The SMILES string of the molecule is CC(C)(C)OC(=O)OC(=O)OC(C)(C)C.COc1cccc2c1C(=O)c1c(O)c3c(c(O)c1C2=O)C[C@@](O)(C(=O)CO)CC3OC1C[C@@H](C)[C@@H](O)[C@@H](N)C1.COc1cccc2c1C(=O)c1c(O)c3c(c(O)c1C2=O)C[C@@](O)(C(=O)CO)CC3OC1C[C@@H](C)[C@@H](O)[C@@H](NC(=O)OC(C)(C)C)C1. The van der Waals surface area contributed by atoms with E-state index in [0.29, 0.717) is 6.42 Å². The number of aliphatic hydroxyl groups excluding tert-OH is 4. The number of hydrogen-bond acceptors (Lipinski definition) is 28. The fraction of sp³-hybridized carbons (Fsp3) is 0.535. The summed E-state index contributed by atoms with van der Waals surface area (Å²) in [5.41, 5.74) is -3.07. The third kappa shape index (κ3) is 15.8. The number of ketones is 6. The summed E-state index contributed by atoms with van der Waals surface area (Å²) in [5, 5.41) is 112. The Balaban J connectivity index is 0.000000213. The van der Waals surface area contributed by atoms with Crippen LogP contribution in [-0.4, -0.2) is 196 Å². The van der Waals surface area contributed by atoms with Crippen LogP contribution in [0.4, 0.5) is 14.4 Å². The van der Waals surface area contributed by atoms with Gasteiger partial charge in [-0.25, -0.2) is 14.4 Å². The van der Waals surface area contributed by atoms with E-state index >= 15 is 0 Å². The van der Waals surface area contributed by atoms with Gasteiger partial charge in [-0.2, -0.15) is 0 Å². The highest BCUT2D eigenvalue weighted by molar-refractivity contribution is 6.32. The van der Waals surface area contributed by atoms with Crippen LogP contribution in [0.1, 0.15) is 213 Å². The van der Waals surface area contributed by atoms with Crippen molar-refractivity contribution in [3.8, 4) is 34.5 Å². The zero-order valence-electron chi connectivity index (χ0n) is 57.8. The molecule has 0 radical (unpaired) electrons. The number of carbonyl (C=O) groups excluding carboxylic acids is 9. The number of methoxy groups -OCH3 is 2. The number of nitrogens with two attached hydrogens (primary N) is 1. The summed E-state index contributed by atoms with van der Waals surface area (Å²) in [7, 11) is 2.66. The van der Waals surface area contributed by atoms with Crippen molar-refractivity contribution in [2.45, 2.75) is 204 Å². The molecule has 10 rings (SSSR count). The van der Waals surface area contributed by atoms with Crippen LogP contribution in [0.3, 0.4) is 0 Å². The maximum atomic E-state index is 13.8. The van der Waals surface area contributed by atoms with E-state index in [2.05, 4.69) is 10.1 Å². The van der Waals surface area contributed by atoms with Gasteiger partial charge in [-0.05, 0) is 112 Å². The van der Waals surface area contributed by atoms with Crippen molar-refractivity contribution in [1.82, 2.24) is 5.32 Å². The van der Waals surface area contributed by atoms with Gasteiger partial charge in [0.15, 0.2) is 23.1 Å². The standard InChI is InChI=1S/C33H39NO12.C28H31NO10.C10H18O5/c1-14-9-15(10-18(26(14)37)34-31(42)46-32(2,3)4)45-20-12-33(43,21(36)13-35)11-17-23(20)30(41)25-24(28(17)39)27(38)16-7-6-8-19(44-5)22(16)29(25)40;1-11-6-12(7-15(29)23(11)32)39-17-9-28(37,18(31)10-30)8-14-20(17)27(36)22-21(25(14)34)24(33)13-4-3-5-16(38-2)19(13)26(22)35;1-9(2,3)14-7(11)13-8(12)15-10(4,5)6/h6-8,14-15,18,20,26,35,37,39,41,43H,9-13H2,1-5H3,(H,34,42);3-5,11-12,15,17,23,30,32,34,36-37H,6-10,29H2,1-2H3;1-6H3/t14-,15?,18+,20?,26-,33+;11-,12?,15+,17?,23-,28+;/m11./s1. The molecule has 4 aromatic carbocycles. The highest BCUT2D eigenvalue weighted by Gasteiger charge is 2.53. The van der Waals surface area contributed by atoms with E-state index in [-0.39, 0.29) is 81.2 Å². The number of ether oxygens (including phenoxy) is 8. The quantitative estimate of drug-likeness (QED) is 0.0317. The third-order valence-corrected chi connectivity index (χ3v) is 18.2. The van der Waals surface area contributed by atoms with Gasteiger partial charge in [0.05, 0.1) is 90.3 Å². The molecule has 0 aromatic heterocycles. The number of nitrogens with one attached hydrogen (secondary N) is 1. The summed E-state index contributed by atoms with van der Waals surface area (Å²) < 4.78 is 42.4. The topological polar surface area (TPSA) is 468 Å². The second-order valence-electron chi connectivity index (χ2n) is 29.1. The van der Waals surface area contributed by atoms with Gasteiger partial charge in [0.2, 0.25) is 11.6 Å². The van der Waals surface area contributed by atoms with Gasteiger partial charge in [-0.3, -0.25) is 28.8 Å². The molecule has 2 fully saturated rings. The van der Waals surface area contributed by atoms with Crippen molar-refractivity contribution in [2.24, 2.45) is 17.6 Å². The molecule has 0 spiro atoms. The smallest absolute Gasteiger partial charge is 0.507 e. The first-order valence-electron chi connectivity index (χ1n) is 32.5. The first-order valence-corrected chi connectivity index (χ1v) is 32.5. The molecule has 4 aromatic rings. The van der Waals surface area contributed by atoms with Crippen molar-refractivity contribution in [3.05, 3.63) is 103 Å². The molecule has 29 nitrogen and oxygen atoms in total. The van der Waals surface area contributed by atoms with E-state index in [1.165, 1.54) is 50.6 Å². The molecule has 4 unspecified atom stereocenters. The van der Waals surface area contributed by atoms with E-state index < -0.39 is 220 Å². The molecule has 6 aliphatic carbocycles. The van der Waals surface area contributed by atoms with E-state index in [0.717, 1.165) is 0 Å². The molecule has 544 valence electrons. The molecule has 1 amide bonds. The first kappa shape index (κ1) is 77.1. The van der Waals surface area contributed by atoms with Crippen molar-refractivity contribution < 1.29 is 132 Å². The number of carbonyl (C=O) groups is 9. The molecule has 100 heavy (non-hydrogen) atoms. The number of phenols is 4. The van der Waals surface area contributed by atoms with E-state index in [1.807, 2.05) is 0 Å². The van der Waals surface area contributed by atoms with Gasteiger partial charge >= 0.3 is 18.4 Å². The van der Waals surface area contributed by atoms with E-state index in [9.17, 15) is 94.2 Å². The predicted molar refractivity (Wildman–Crippen MR) is 349 cm³/mol. The van der Waals surface area contributed by atoms with Crippen LogP contribution in [0, 0.1) is 11.8 Å². The maximum Gasteiger partial charge on any atom is 0.519 e. The summed E-state index contributed by atoms with van der Waals surface area (Å²) in [5.74, 6) is -7.98. The van der Waals surface area contributed by atoms with Gasteiger partial charge < -0.3 is 100 Å². The monoisotopic (exact) mass is 1400 g/mol. The van der Waals surface area contributed by atoms with E-state index in [1.54, 1.807) is 76.2 Å². The van der Waals surface area contributed by atoms with Crippen LogP contribution >= 0.6 is 0 Å². The highest BCUT2D eigenvalue weighted by Crippen LogP contribution is 2.55. The Morgan fingerprint density at radius 1 is 0.530 bits per heavy atom. The molecule has 2 saturated carbocycles. The molecular weight excluding hydrogens is 1310 g/mol. The van der Waals surface area contributed by atoms with E-state index in [4.69, 9.17) is 38.9 Å². The number of rotatable bonds is 11. The van der Waals surface area contributed by atoms with Crippen LogP contribution in [-0.2, 0) is 50.9 Å². The minimum atomic E-state index is -2.26. The Morgan fingerprint density at radius 3 is 1.26 bits per heavy atom. The first-order chi connectivity index (χ1) is 46.4. The van der Waals surface area contributed by atoms with Crippen LogP contribution in [0.5, 0.6) is 34.5 Å². The average molecular weight is 1400 g/mol. The van der Waals surface area contributed by atoms with Crippen molar-refractivity contribution in [3.63, 3.8) is 0 Å². The largest absolute Gasteiger partial charge is 0.519 e. The molecule has 29 heteroatoms. The summed E-state index contributed by atoms with van der Waals surface area (Å²) in [4.78, 5) is 115. The molecule has 0 saturated heterocycles. The summed E-state index contributed by atoms with van der Waals surface area (Å²) >= 11 is 0. The second kappa shape index (κ2) is 29.1. The van der Waals surface area contributed by atoms with Crippen LogP contribution < -0.4 is 20.5 Å². The van der Waals surface area contributed by atoms with Gasteiger partial charge in [0.25, 0.3) is 0 Å². The summed E-state index contributed by atoms with van der Waals surface area (Å²) in [6.07, 6.45) is -9.39. The predicted octanol–water partition coefficient (Wildman–Crippen LogP) is 5.77. The van der Waals surface area contributed by atoms with Gasteiger partial charge in [0.1, 0.15) is 75.7 Å². The number of aliphatic hydroxyl groups is 6. The van der Waals surface area contributed by atoms with Gasteiger partial charge in [0, 0.05) is 65.1 Å². The normalized spacial score (nSPS) is 26.0. The van der Waals surface area contributed by atoms with Crippen molar-refractivity contribution in [1.29, 1.82) is 0 Å². The molecule has 12 atom stereocenters. The summed E-state index contributed by atoms with van der Waals surface area (Å²) in [6.45, 7) is 16.6. The molecule has 0 heterocycles. The fourth-order valence-electron chi connectivity index (χ4n) is 13.7. The van der Waals surface area contributed by atoms with Crippen LogP contribution in [0.25, 0.3) is 0 Å². The molecule has 0 bridgehead atoms. The van der Waals surface area contributed by atoms with Crippen LogP contribution in [0.2, 0.25) is 0 Å². The van der Waals surface area contributed by atoms with Gasteiger partial charge in [-0.15, -0.1) is 0 Å². The number of hydrogen-bond donors (Lipinski definition) is 12. The Kier molecular flexibility index (Phi) is 22.5. The highest BCUT2D eigenvalue weighted by atomic mass is 16.8. The maximum absolute atomic E-state index is 13.8.